The van der Waals surface area contributed by atoms with Crippen molar-refractivity contribution in [1.29, 1.82) is 0 Å². The number of rotatable bonds is 6. The maximum absolute atomic E-state index is 13.3. The summed E-state index contributed by atoms with van der Waals surface area (Å²) in [5, 5.41) is 0.912. The van der Waals surface area contributed by atoms with E-state index in [4.69, 9.17) is 27.9 Å². The largest absolute Gasteiger partial charge is 0.421 e. The maximum Gasteiger partial charge on any atom is 0.343 e. The van der Waals surface area contributed by atoms with E-state index in [1.54, 1.807) is 72.8 Å². The van der Waals surface area contributed by atoms with Crippen molar-refractivity contribution in [3.63, 3.8) is 0 Å². The van der Waals surface area contributed by atoms with Crippen molar-refractivity contribution in [1.82, 2.24) is 0 Å². The molecule has 180 valence electrons. The van der Waals surface area contributed by atoms with Crippen molar-refractivity contribution in [3.05, 3.63) is 140 Å². The Morgan fingerprint density at radius 2 is 1.00 bits per heavy atom. The number of thioether (sulfide) groups is 1. The number of hydrogen-bond donors (Lipinski definition) is 0. The average molecular weight is 533 g/mol. The number of benzene rings is 4. The zero-order chi connectivity index (χ0) is 25.7. The molecule has 4 aromatic rings. The summed E-state index contributed by atoms with van der Waals surface area (Å²) in [6.45, 7) is 3.91. The monoisotopic (exact) mass is 532 g/mol. The van der Waals surface area contributed by atoms with Crippen molar-refractivity contribution < 1.29 is 14.3 Å². The third-order valence-electron chi connectivity index (χ3n) is 5.38. The number of carbonyl (C=O) groups is 2. The van der Waals surface area contributed by atoms with Crippen LogP contribution in [0.25, 0.3) is 10.7 Å². The first-order valence-electron chi connectivity index (χ1n) is 11.1. The Labute approximate surface area is 224 Å². The molecule has 0 unspecified atom stereocenters. The SMILES string of the molecule is Cc1ccc(C(=O)O/C(=C(\SC(=O)c2ccc(C)cc2)c2ccc(Cl)cc2)c2ccc(Cl)cc2)cc1. The molecule has 0 atom stereocenters. The molecule has 0 bridgehead atoms. The molecule has 0 saturated heterocycles. The minimum absolute atomic E-state index is 0.183. The van der Waals surface area contributed by atoms with E-state index >= 15 is 0 Å². The van der Waals surface area contributed by atoms with E-state index < -0.39 is 5.97 Å². The van der Waals surface area contributed by atoms with Crippen LogP contribution in [0.4, 0.5) is 0 Å². The van der Waals surface area contributed by atoms with Crippen LogP contribution in [0, 0.1) is 13.8 Å². The van der Waals surface area contributed by atoms with Gasteiger partial charge in [-0.1, -0.05) is 82.9 Å². The summed E-state index contributed by atoms with van der Waals surface area (Å²) in [5.41, 5.74) is 4.32. The minimum Gasteiger partial charge on any atom is -0.421 e. The van der Waals surface area contributed by atoms with Gasteiger partial charge in [-0.05, 0) is 79.7 Å². The fraction of sp³-hybridized carbons (Fsp3) is 0.0667. The Bertz CT molecular complexity index is 1300. The summed E-state index contributed by atoms with van der Waals surface area (Å²) in [4.78, 5) is 27.0. The highest BCUT2D eigenvalue weighted by Crippen LogP contribution is 2.39. The van der Waals surface area contributed by atoms with Crippen LogP contribution in [0.2, 0.25) is 10.0 Å². The second kappa shape index (κ2) is 11.6. The van der Waals surface area contributed by atoms with E-state index in [1.165, 1.54) is 0 Å². The number of esters is 1. The number of aryl methyl sites for hydroxylation is 2. The molecule has 4 aromatic carbocycles. The van der Waals surface area contributed by atoms with Gasteiger partial charge >= 0.3 is 5.97 Å². The van der Waals surface area contributed by atoms with E-state index in [0.717, 1.165) is 22.9 Å². The molecule has 0 aromatic heterocycles. The summed E-state index contributed by atoms with van der Waals surface area (Å²) in [5.74, 6) is -0.278. The molecule has 0 heterocycles. The van der Waals surface area contributed by atoms with Gasteiger partial charge in [0, 0.05) is 21.2 Å². The molecule has 0 radical (unpaired) electrons. The van der Waals surface area contributed by atoms with Crippen molar-refractivity contribution in [2.75, 3.05) is 0 Å². The lowest BCUT2D eigenvalue weighted by molar-refractivity contribution is 0.0693. The maximum atomic E-state index is 13.3. The van der Waals surface area contributed by atoms with E-state index in [2.05, 4.69) is 0 Å². The highest BCUT2D eigenvalue weighted by molar-refractivity contribution is 8.22. The lowest BCUT2D eigenvalue weighted by atomic mass is 10.1. The first kappa shape index (κ1) is 25.8. The van der Waals surface area contributed by atoms with Crippen molar-refractivity contribution in [3.8, 4) is 0 Å². The summed E-state index contributed by atoms with van der Waals surface area (Å²) in [6.07, 6.45) is 0. The second-order valence-electron chi connectivity index (χ2n) is 8.18. The molecule has 0 spiro atoms. The number of carbonyl (C=O) groups excluding carboxylic acids is 2. The summed E-state index contributed by atoms with van der Waals surface area (Å²) in [6, 6.07) is 28.4. The van der Waals surface area contributed by atoms with Gasteiger partial charge in [-0.15, -0.1) is 0 Å². The zero-order valence-corrected chi connectivity index (χ0v) is 22.0. The van der Waals surface area contributed by atoms with E-state index in [1.807, 2.05) is 38.1 Å². The summed E-state index contributed by atoms with van der Waals surface area (Å²) < 4.78 is 6.00. The summed E-state index contributed by atoms with van der Waals surface area (Å²) >= 11 is 13.3. The molecule has 0 N–H and O–H groups in total. The fourth-order valence-corrected chi connectivity index (χ4v) is 4.56. The molecule has 0 aliphatic carbocycles. The molecule has 0 aliphatic heterocycles. The second-order valence-corrected chi connectivity index (χ2v) is 10.0. The quantitative estimate of drug-likeness (QED) is 0.141. The standard InChI is InChI=1S/C30H22Cl2O3S/c1-19-3-7-23(8-4-19)29(33)35-27(21-11-15-25(31)16-12-21)28(22-13-17-26(32)18-14-22)36-30(34)24-9-5-20(2)6-10-24/h3-18H,1-2H3/b28-27-. The van der Waals surface area contributed by atoms with Crippen LogP contribution in [0.5, 0.6) is 0 Å². The molecule has 4 rings (SSSR count). The van der Waals surface area contributed by atoms with Crippen LogP contribution < -0.4 is 0 Å². The Morgan fingerprint density at radius 1 is 0.583 bits per heavy atom. The van der Waals surface area contributed by atoms with Gasteiger partial charge in [0.25, 0.3) is 0 Å². The molecular formula is C30H22Cl2O3S. The number of hydrogen-bond acceptors (Lipinski definition) is 4. The van der Waals surface area contributed by atoms with Gasteiger partial charge in [0.05, 0.1) is 10.5 Å². The van der Waals surface area contributed by atoms with Crippen LogP contribution in [0.15, 0.2) is 97.1 Å². The molecule has 6 heteroatoms. The van der Waals surface area contributed by atoms with E-state index in [0.29, 0.717) is 37.2 Å². The first-order valence-corrected chi connectivity index (χ1v) is 12.7. The molecule has 36 heavy (non-hydrogen) atoms. The Kier molecular flexibility index (Phi) is 8.32. The first-order chi connectivity index (χ1) is 17.3. The van der Waals surface area contributed by atoms with Crippen molar-refractivity contribution >= 4 is 56.7 Å². The highest BCUT2D eigenvalue weighted by atomic mass is 35.5. The average Bonchev–Trinajstić information content (AvgIpc) is 2.88. The smallest absolute Gasteiger partial charge is 0.343 e. The number of ether oxygens (including phenoxy) is 1. The van der Waals surface area contributed by atoms with Crippen LogP contribution in [0.1, 0.15) is 43.0 Å². The molecule has 0 amide bonds. The lowest BCUT2D eigenvalue weighted by Gasteiger charge is -2.16. The van der Waals surface area contributed by atoms with Gasteiger partial charge in [-0.25, -0.2) is 4.79 Å². The van der Waals surface area contributed by atoms with Gasteiger partial charge < -0.3 is 4.74 Å². The molecule has 0 aliphatic rings. The van der Waals surface area contributed by atoms with Crippen molar-refractivity contribution in [2.24, 2.45) is 0 Å². The Balaban J connectivity index is 1.85. The van der Waals surface area contributed by atoms with Crippen LogP contribution in [-0.4, -0.2) is 11.1 Å². The Hall–Kier alpha value is -3.31. The zero-order valence-electron chi connectivity index (χ0n) is 19.6. The van der Waals surface area contributed by atoms with E-state index in [9.17, 15) is 9.59 Å². The molecular weight excluding hydrogens is 511 g/mol. The van der Waals surface area contributed by atoms with Crippen LogP contribution >= 0.6 is 35.0 Å². The summed E-state index contributed by atoms with van der Waals surface area (Å²) in [7, 11) is 0. The molecule has 3 nitrogen and oxygen atoms in total. The van der Waals surface area contributed by atoms with Crippen LogP contribution in [0.3, 0.4) is 0 Å². The van der Waals surface area contributed by atoms with Gasteiger partial charge in [-0.3, -0.25) is 4.79 Å². The van der Waals surface area contributed by atoms with Gasteiger partial charge in [0.2, 0.25) is 5.12 Å². The fourth-order valence-electron chi connectivity index (χ4n) is 3.36. The van der Waals surface area contributed by atoms with Crippen LogP contribution in [-0.2, 0) is 4.74 Å². The Morgan fingerprint density at radius 3 is 1.50 bits per heavy atom. The predicted octanol–water partition coefficient (Wildman–Crippen LogP) is 8.87. The van der Waals surface area contributed by atoms with Crippen molar-refractivity contribution in [2.45, 2.75) is 13.8 Å². The van der Waals surface area contributed by atoms with Gasteiger partial charge in [0.15, 0.2) is 5.76 Å². The normalized spacial score (nSPS) is 11.6. The third-order valence-corrected chi connectivity index (χ3v) is 6.93. The van der Waals surface area contributed by atoms with Gasteiger partial charge in [0.1, 0.15) is 0 Å². The molecule has 0 saturated carbocycles. The third kappa shape index (κ3) is 6.46. The minimum atomic E-state index is -0.533. The lowest BCUT2D eigenvalue weighted by Crippen LogP contribution is -2.07. The predicted molar refractivity (Wildman–Crippen MR) is 149 cm³/mol. The molecule has 0 fully saturated rings. The van der Waals surface area contributed by atoms with E-state index in [-0.39, 0.29) is 10.9 Å². The number of halogens is 2. The topological polar surface area (TPSA) is 43.4 Å². The highest BCUT2D eigenvalue weighted by Gasteiger charge is 2.22. The van der Waals surface area contributed by atoms with Gasteiger partial charge in [-0.2, -0.15) is 0 Å².